The number of carbonyl (C=O) groups is 2. The van der Waals surface area contributed by atoms with Crippen LogP contribution in [0.5, 0.6) is 17.2 Å². The minimum atomic E-state index is -0.846. The molecule has 8 heteroatoms. The minimum absolute atomic E-state index is 0.0111. The average Bonchev–Trinajstić information content (AvgIpc) is 3.45. The molecule has 7 nitrogen and oxygen atoms in total. The number of aliphatic hydroxyl groups excluding tert-OH is 1. The van der Waals surface area contributed by atoms with E-state index >= 15 is 0 Å². The first-order valence-corrected chi connectivity index (χ1v) is 11.0. The quantitative estimate of drug-likeness (QED) is 0.316. The molecule has 0 spiro atoms. The lowest BCUT2D eigenvalue weighted by atomic mass is 9.94. The molecule has 3 aromatic rings. The third kappa shape index (κ3) is 4.05. The highest BCUT2D eigenvalue weighted by atomic mass is 32.1. The molecular formula is C25H23NO6S. The number of amides is 1. The number of rotatable bonds is 7. The summed E-state index contributed by atoms with van der Waals surface area (Å²) in [5.74, 6) is -0.503. The molecule has 1 aromatic heterocycles. The number of carbonyl (C=O) groups excluding carboxylic acids is 2. The van der Waals surface area contributed by atoms with Gasteiger partial charge in [0.1, 0.15) is 5.76 Å². The Morgan fingerprint density at radius 2 is 1.64 bits per heavy atom. The highest BCUT2D eigenvalue weighted by Crippen LogP contribution is 2.46. The van der Waals surface area contributed by atoms with E-state index in [4.69, 9.17) is 14.2 Å². The minimum Gasteiger partial charge on any atom is -0.507 e. The molecule has 1 atom stereocenters. The van der Waals surface area contributed by atoms with Crippen LogP contribution in [0.4, 0.5) is 0 Å². The van der Waals surface area contributed by atoms with Gasteiger partial charge in [-0.3, -0.25) is 9.59 Å². The Labute approximate surface area is 195 Å². The standard InChI is InChI=1S/C25H23NO6S/c1-30-18-12-16(13-19(31-2)24(18)32-3)21-20(22(27)15-8-5-4-6-9-15)23(28)25(29)26(21)14-17-10-7-11-33-17/h4-13,21,27H,14H2,1-3H3/b22-20+. The lowest BCUT2D eigenvalue weighted by Crippen LogP contribution is -2.29. The number of likely N-dealkylation sites (tertiary alicyclic amines) is 1. The van der Waals surface area contributed by atoms with E-state index in [0.29, 0.717) is 28.4 Å². The van der Waals surface area contributed by atoms with Gasteiger partial charge in [-0.1, -0.05) is 36.4 Å². The fourth-order valence-electron chi connectivity index (χ4n) is 3.97. The van der Waals surface area contributed by atoms with E-state index in [1.165, 1.54) is 37.6 Å². The van der Waals surface area contributed by atoms with Crippen LogP contribution in [0.25, 0.3) is 5.76 Å². The Bertz CT molecular complexity index is 1180. The van der Waals surface area contributed by atoms with Crippen LogP contribution >= 0.6 is 11.3 Å². The summed E-state index contributed by atoms with van der Waals surface area (Å²) in [5, 5.41) is 13.0. The fraction of sp³-hybridized carbons (Fsp3) is 0.200. The third-order valence-electron chi connectivity index (χ3n) is 5.50. The number of Topliss-reactive ketones (excluding diaryl/α,β-unsaturated/α-hetero) is 1. The fourth-order valence-corrected chi connectivity index (χ4v) is 4.67. The van der Waals surface area contributed by atoms with Crippen molar-refractivity contribution in [2.24, 2.45) is 0 Å². The van der Waals surface area contributed by atoms with Crippen LogP contribution in [0, 0.1) is 0 Å². The van der Waals surface area contributed by atoms with Crippen LogP contribution < -0.4 is 14.2 Å². The lowest BCUT2D eigenvalue weighted by molar-refractivity contribution is -0.140. The maximum Gasteiger partial charge on any atom is 0.295 e. The number of hydrogen-bond acceptors (Lipinski definition) is 7. The zero-order chi connectivity index (χ0) is 23.5. The lowest BCUT2D eigenvalue weighted by Gasteiger charge is -2.26. The molecule has 0 bridgehead atoms. The van der Waals surface area contributed by atoms with E-state index in [1.54, 1.807) is 36.4 Å². The summed E-state index contributed by atoms with van der Waals surface area (Å²) >= 11 is 1.48. The summed E-state index contributed by atoms with van der Waals surface area (Å²) in [5.41, 5.74) is 1.01. The van der Waals surface area contributed by atoms with Crippen LogP contribution in [0.15, 0.2) is 65.6 Å². The molecule has 33 heavy (non-hydrogen) atoms. The average molecular weight is 466 g/mol. The van der Waals surface area contributed by atoms with Crippen molar-refractivity contribution in [3.8, 4) is 17.2 Å². The molecule has 1 amide bonds. The second-order valence-corrected chi connectivity index (χ2v) is 8.36. The van der Waals surface area contributed by atoms with Gasteiger partial charge in [0.2, 0.25) is 5.75 Å². The van der Waals surface area contributed by atoms with Crippen LogP contribution in [-0.2, 0) is 16.1 Å². The smallest absolute Gasteiger partial charge is 0.295 e. The molecule has 1 aliphatic heterocycles. The van der Waals surface area contributed by atoms with Gasteiger partial charge >= 0.3 is 0 Å². The van der Waals surface area contributed by atoms with Crippen molar-refractivity contribution in [3.05, 3.63) is 81.6 Å². The topological polar surface area (TPSA) is 85.3 Å². The van der Waals surface area contributed by atoms with Gasteiger partial charge in [-0.15, -0.1) is 11.3 Å². The maximum atomic E-state index is 13.2. The van der Waals surface area contributed by atoms with Crippen molar-refractivity contribution in [1.82, 2.24) is 4.90 Å². The number of methoxy groups -OCH3 is 3. The van der Waals surface area contributed by atoms with E-state index in [-0.39, 0.29) is 17.9 Å². The van der Waals surface area contributed by atoms with E-state index in [9.17, 15) is 14.7 Å². The monoisotopic (exact) mass is 465 g/mol. The molecule has 1 N–H and O–H groups in total. The number of benzene rings is 2. The molecule has 0 radical (unpaired) electrons. The third-order valence-corrected chi connectivity index (χ3v) is 6.36. The molecule has 170 valence electrons. The summed E-state index contributed by atoms with van der Waals surface area (Å²) in [6, 6.07) is 15.0. The van der Waals surface area contributed by atoms with Crippen molar-refractivity contribution in [3.63, 3.8) is 0 Å². The van der Waals surface area contributed by atoms with Gasteiger partial charge in [0.25, 0.3) is 11.7 Å². The van der Waals surface area contributed by atoms with Crippen molar-refractivity contribution < 1.29 is 28.9 Å². The molecule has 1 saturated heterocycles. The normalized spacial score (nSPS) is 17.3. The van der Waals surface area contributed by atoms with Crippen LogP contribution in [0.1, 0.15) is 22.0 Å². The zero-order valence-corrected chi connectivity index (χ0v) is 19.2. The number of nitrogens with zero attached hydrogens (tertiary/aromatic N) is 1. The highest BCUT2D eigenvalue weighted by molar-refractivity contribution is 7.09. The number of ketones is 1. The predicted octanol–water partition coefficient (Wildman–Crippen LogP) is 4.40. The second-order valence-electron chi connectivity index (χ2n) is 7.33. The predicted molar refractivity (Wildman–Crippen MR) is 125 cm³/mol. The van der Waals surface area contributed by atoms with Gasteiger partial charge in [-0.25, -0.2) is 0 Å². The van der Waals surface area contributed by atoms with E-state index in [0.717, 1.165) is 4.88 Å². The Morgan fingerprint density at radius 1 is 0.970 bits per heavy atom. The molecule has 2 heterocycles. The van der Waals surface area contributed by atoms with Gasteiger partial charge < -0.3 is 24.2 Å². The van der Waals surface area contributed by atoms with E-state index < -0.39 is 17.7 Å². The summed E-state index contributed by atoms with van der Waals surface area (Å²) in [6.45, 7) is 0.217. The first-order valence-electron chi connectivity index (χ1n) is 10.2. The van der Waals surface area contributed by atoms with Crippen molar-refractivity contribution in [2.75, 3.05) is 21.3 Å². The molecule has 0 saturated carbocycles. The summed E-state index contributed by atoms with van der Waals surface area (Å²) in [7, 11) is 4.49. The maximum absolute atomic E-state index is 13.2. The van der Waals surface area contributed by atoms with Crippen LogP contribution in [0.3, 0.4) is 0 Å². The Balaban J connectivity index is 1.94. The second kappa shape index (κ2) is 9.38. The summed E-state index contributed by atoms with van der Waals surface area (Å²) in [6.07, 6.45) is 0. The number of ether oxygens (including phenoxy) is 3. The number of thiophene rings is 1. The van der Waals surface area contributed by atoms with Gasteiger partial charge in [0, 0.05) is 10.4 Å². The van der Waals surface area contributed by atoms with Crippen molar-refractivity contribution in [2.45, 2.75) is 12.6 Å². The van der Waals surface area contributed by atoms with Gasteiger partial charge in [-0.2, -0.15) is 0 Å². The van der Waals surface area contributed by atoms with Crippen LogP contribution in [-0.4, -0.2) is 43.0 Å². The molecule has 0 aliphatic carbocycles. The van der Waals surface area contributed by atoms with Crippen molar-refractivity contribution >= 4 is 28.8 Å². The zero-order valence-electron chi connectivity index (χ0n) is 18.4. The first kappa shape index (κ1) is 22.4. The Hall–Kier alpha value is -3.78. The highest BCUT2D eigenvalue weighted by Gasteiger charge is 2.46. The van der Waals surface area contributed by atoms with Gasteiger partial charge in [0.15, 0.2) is 11.5 Å². The molecule has 2 aromatic carbocycles. The van der Waals surface area contributed by atoms with E-state index in [1.807, 2.05) is 23.6 Å². The van der Waals surface area contributed by atoms with Crippen molar-refractivity contribution in [1.29, 1.82) is 0 Å². The Kier molecular flexibility index (Phi) is 6.37. The number of aliphatic hydroxyl groups is 1. The molecular weight excluding hydrogens is 442 g/mol. The first-order chi connectivity index (χ1) is 16.0. The summed E-state index contributed by atoms with van der Waals surface area (Å²) in [4.78, 5) is 28.7. The van der Waals surface area contributed by atoms with Gasteiger partial charge in [-0.05, 0) is 29.1 Å². The SMILES string of the molecule is COc1cc(C2/C(=C(\O)c3ccccc3)C(=O)C(=O)N2Cc2cccs2)cc(OC)c1OC. The number of hydrogen-bond donors (Lipinski definition) is 1. The Morgan fingerprint density at radius 3 is 2.18 bits per heavy atom. The molecule has 4 rings (SSSR count). The van der Waals surface area contributed by atoms with Crippen LogP contribution in [0.2, 0.25) is 0 Å². The molecule has 1 unspecified atom stereocenters. The molecule has 1 aliphatic rings. The van der Waals surface area contributed by atoms with E-state index in [2.05, 4.69) is 0 Å². The largest absolute Gasteiger partial charge is 0.507 e. The van der Waals surface area contributed by atoms with Gasteiger partial charge in [0.05, 0.1) is 39.5 Å². The molecule has 1 fully saturated rings. The summed E-state index contributed by atoms with van der Waals surface area (Å²) < 4.78 is 16.4.